The summed E-state index contributed by atoms with van der Waals surface area (Å²) in [7, 11) is -3.50. The summed E-state index contributed by atoms with van der Waals surface area (Å²) >= 11 is 0. The van der Waals surface area contributed by atoms with Crippen molar-refractivity contribution in [2.24, 2.45) is 0 Å². The van der Waals surface area contributed by atoms with Gasteiger partial charge in [-0.3, -0.25) is 14.9 Å². The minimum atomic E-state index is -3.50. The zero-order chi connectivity index (χ0) is 19.6. The summed E-state index contributed by atoms with van der Waals surface area (Å²) in [6.07, 6.45) is 1.73. The van der Waals surface area contributed by atoms with Gasteiger partial charge in [0.25, 0.3) is 11.6 Å². The molecule has 1 fully saturated rings. The molecule has 2 aromatic carbocycles. The van der Waals surface area contributed by atoms with Gasteiger partial charge in [0.2, 0.25) is 10.0 Å². The average molecular weight is 389 g/mol. The topological polar surface area (TPSA) is 110 Å². The Morgan fingerprint density at radius 3 is 2.30 bits per heavy atom. The number of anilines is 1. The van der Waals surface area contributed by atoms with E-state index in [0.717, 1.165) is 12.8 Å². The molecule has 2 aromatic rings. The molecule has 1 heterocycles. The van der Waals surface area contributed by atoms with Crippen molar-refractivity contribution < 1.29 is 18.1 Å². The lowest BCUT2D eigenvalue weighted by molar-refractivity contribution is -0.385. The second kappa shape index (κ2) is 7.45. The van der Waals surface area contributed by atoms with Crippen LogP contribution in [0.1, 0.15) is 28.8 Å². The number of rotatable bonds is 5. The number of benzene rings is 2. The van der Waals surface area contributed by atoms with Crippen LogP contribution < -0.4 is 5.32 Å². The molecule has 0 spiro atoms. The number of hydrogen-bond acceptors (Lipinski definition) is 5. The molecule has 1 aliphatic heterocycles. The maximum Gasteiger partial charge on any atom is 0.272 e. The fraction of sp³-hybridized carbons (Fsp3) is 0.278. The largest absolute Gasteiger partial charge is 0.322 e. The van der Waals surface area contributed by atoms with Gasteiger partial charge in [-0.05, 0) is 56.2 Å². The molecule has 0 saturated carbocycles. The quantitative estimate of drug-likeness (QED) is 0.624. The number of nitro benzene ring substituents is 1. The predicted octanol–water partition coefficient (Wildman–Crippen LogP) is 2.94. The highest BCUT2D eigenvalue weighted by atomic mass is 32.2. The molecule has 8 nitrogen and oxygen atoms in total. The van der Waals surface area contributed by atoms with Crippen LogP contribution in [0, 0.1) is 17.0 Å². The SMILES string of the molecule is Cc1cc(C(=O)Nc2ccc(S(=O)(=O)N3CCCC3)cc2)ccc1[N+](=O)[O-]. The highest BCUT2D eigenvalue weighted by molar-refractivity contribution is 7.89. The number of nitrogens with one attached hydrogen (secondary N) is 1. The van der Waals surface area contributed by atoms with Crippen LogP contribution in [0.3, 0.4) is 0 Å². The van der Waals surface area contributed by atoms with Crippen molar-refractivity contribution in [2.75, 3.05) is 18.4 Å². The van der Waals surface area contributed by atoms with E-state index < -0.39 is 20.9 Å². The van der Waals surface area contributed by atoms with Crippen LogP contribution in [0.15, 0.2) is 47.4 Å². The van der Waals surface area contributed by atoms with Gasteiger partial charge in [-0.15, -0.1) is 0 Å². The van der Waals surface area contributed by atoms with Crippen molar-refractivity contribution in [1.29, 1.82) is 0 Å². The molecule has 0 atom stereocenters. The first-order valence-corrected chi connectivity index (χ1v) is 9.89. The number of hydrogen-bond donors (Lipinski definition) is 1. The molecular weight excluding hydrogens is 370 g/mol. The summed E-state index contributed by atoms with van der Waals surface area (Å²) < 4.78 is 26.5. The van der Waals surface area contributed by atoms with Crippen molar-refractivity contribution in [1.82, 2.24) is 4.31 Å². The Bertz CT molecular complexity index is 981. The minimum absolute atomic E-state index is 0.0528. The zero-order valence-electron chi connectivity index (χ0n) is 14.7. The molecule has 0 unspecified atom stereocenters. The fourth-order valence-electron chi connectivity index (χ4n) is 2.99. The Morgan fingerprint density at radius 1 is 1.11 bits per heavy atom. The zero-order valence-corrected chi connectivity index (χ0v) is 15.5. The van der Waals surface area contributed by atoms with Gasteiger partial charge in [-0.2, -0.15) is 4.31 Å². The molecule has 0 radical (unpaired) electrons. The average Bonchev–Trinajstić information content (AvgIpc) is 3.17. The number of amides is 1. The third-order valence-corrected chi connectivity index (χ3v) is 6.38. The van der Waals surface area contributed by atoms with Gasteiger partial charge < -0.3 is 5.32 Å². The van der Waals surface area contributed by atoms with E-state index in [0.29, 0.717) is 24.3 Å². The molecule has 1 saturated heterocycles. The van der Waals surface area contributed by atoms with E-state index in [9.17, 15) is 23.3 Å². The first kappa shape index (κ1) is 19.0. The van der Waals surface area contributed by atoms with E-state index in [4.69, 9.17) is 0 Å². The Hall–Kier alpha value is -2.78. The van der Waals surface area contributed by atoms with Crippen LogP contribution in [-0.2, 0) is 10.0 Å². The van der Waals surface area contributed by atoms with E-state index >= 15 is 0 Å². The summed E-state index contributed by atoms with van der Waals surface area (Å²) in [5, 5.41) is 13.5. The summed E-state index contributed by atoms with van der Waals surface area (Å²) in [5.41, 5.74) is 1.06. The molecule has 0 bridgehead atoms. The lowest BCUT2D eigenvalue weighted by Crippen LogP contribution is -2.27. The Balaban J connectivity index is 1.74. The molecule has 1 amide bonds. The third kappa shape index (κ3) is 3.99. The molecular formula is C18H19N3O5S. The number of sulfonamides is 1. The predicted molar refractivity (Wildman–Crippen MR) is 100 cm³/mol. The number of carbonyl (C=O) groups is 1. The molecule has 1 N–H and O–H groups in total. The maximum absolute atomic E-state index is 12.5. The molecule has 142 valence electrons. The van der Waals surface area contributed by atoms with E-state index in [1.54, 1.807) is 6.92 Å². The van der Waals surface area contributed by atoms with Crippen molar-refractivity contribution >= 4 is 27.3 Å². The van der Waals surface area contributed by atoms with Crippen LogP contribution in [0.5, 0.6) is 0 Å². The molecule has 3 rings (SSSR count). The number of nitro groups is 1. The van der Waals surface area contributed by atoms with Crippen molar-refractivity contribution in [3.8, 4) is 0 Å². The van der Waals surface area contributed by atoms with Gasteiger partial charge in [0.15, 0.2) is 0 Å². The van der Waals surface area contributed by atoms with Gasteiger partial charge >= 0.3 is 0 Å². The van der Waals surface area contributed by atoms with Crippen LogP contribution in [-0.4, -0.2) is 36.6 Å². The summed E-state index contributed by atoms with van der Waals surface area (Å²) in [6.45, 7) is 2.62. The normalized spacial score (nSPS) is 14.9. The third-order valence-electron chi connectivity index (χ3n) is 4.47. The van der Waals surface area contributed by atoms with Crippen molar-refractivity contribution in [3.63, 3.8) is 0 Å². The minimum Gasteiger partial charge on any atom is -0.322 e. The lowest BCUT2D eigenvalue weighted by atomic mass is 10.1. The van der Waals surface area contributed by atoms with Gasteiger partial charge in [-0.1, -0.05) is 0 Å². The molecule has 0 aliphatic carbocycles. The summed E-state index contributed by atoms with van der Waals surface area (Å²) in [5.74, 6) is -0.428. The summed E-state index contributed by atoms with van der Waals surface area (Å²) in [6, 6.07) is 10.1. The van der Waals surface area contributed by atoms with Crippen LogP contribution >= 0.6 is 0 Å². The lowest BCUT2D eigenvalue weighted by Gasteiger charge is -2.15. The van der Waals surface area contributed by atoms with E-state index in [2.05, 4.69) is 5.32 Å². The second-order valence-electron chi connectivity index (χ2n) is 6.35. The van der Waals surface area contributed by atoms with Crippen LogP contribution in [0.4, 0.5) is 11.4 Å². The molecule has 0 aromatic heterocycles. The second-order valence-corrected chi connectivity index (χ2v) is 8.29. The van der Waals surface area contributed by atoms with Crippen molar-refractivity contribution in [3.05, 3.63) is 63.7 Å². The standard InChI is InChI=1S/C18H19N3O5S/c1-13-12-14(4-9-17(13)21(23)24)18(22)19-15-5-7-16(8-6-15)27(25,26)20-10-2-3-11-20/h4-9,12H,2-3,10-11H2,1H3,(H,19,22). The Kier molecular flexibility index (Phi) is 5.24. The van der Waals surface area contributed by atoms with Gasteiger partial charge in [0.05, 0.1) is 9.82 Å². The van der Waals surface area contributed by atoms with Gasteiger partial charge in [0, 0.05) is 36.0 Å². The molecule has 27 heavy (non-hydrogen) atoms. The summed E-state index contributed by atoms with van der Waals surface area (Å²) in [4.78, 5) is 22.9. The van der Waals surface area contributed by atoms with Crippen LogP contribution in [0.2, 0.25) is 0 Å². The number of nitrogens with zero attached hydrogens (tertiary/aromatic N) is 2. The first-order chi connectivity index (χ1) is 12.8. The number of aryl methyl sites for hydroxylation is 1. The molecule has 1 aliphatic rings. The van der Waals surface area contributed by atoms with Gasteiger partial charge in [0.1, 0.15) is 0 Å². The van der Waals surface area contributed by atoms with E-state index in [1.165, 1.54) is 46.8 Å². The smallest absolute Gasteiger partial charge is 0.272 e. The van der Waals surface area contributed by atoms with Crippen molar-refractivity contribution in [2.45, 2.75) is 24.7 Å². The maximum atomic E-state index is 12.5. The highest BCUT2D eigenvalue weighted by Gasteiger charge is 2.27. The Morgan fingerprint density at radius 2 is 1.74 bits per heavy atom. The highest BCUT2D eigenvalue weighted by Crippen LogP contribution is 2.23. The molecule has 9 heteroatoms. The van der Waals surface area contributed by atoms with Gasteiger partial charge in [-0.25, -0.2) is 8.42 Å². The fourth-order valence-corrected chi connectivity index (χ4v) is 4.51. The van der Waals surface area contributed by atoms with Crippen LogP contribution in [0.25, 0.3) is 0 Å². The number of carbonyl (C=O) groups excluding carboxylic acids is 1. The first-order valence-electron chi connectivity index (χ1n) is 8.45. The van der Waals surface area contributed by atoms with E-state index in [1.807, 2.05) is 0 Å². The Labute approximate surface area is 157 Å². The monoisotopic (exact) mass is 389 g/mol. The van der Waals surface area contributed by atoms with E-state index in [-0.39, 0.29) is 16.1 Å².